The third kappa shape index (κ3) is 1.98. The lowest BCUT2D eigenvalue weighted by atomic mass is 10.0. The van der Waals surface area contributed by atoms with Crippen LogP contribution in [0.5, 0.6) is 0 Å². The SMILES string of the molecule is Cc1ccc(C(C)(C)N)nn1. The van der Waals surface area contributed by atoms with Gasteiger partial charge >= 0.3 is 0 Å². The lowest BCUT2D eigenvalue weighted by Gasteiger charge is -2.16. The van der Waals surface area contributed by atoms with Crippen LogP contribution in [0.3, 0.4) is 0 Å². The molecule has 0 aliphatic carbocycles. The van der Waals surface area contributed by atoms with Crippen molar-refractivity contribution in [2.45, 2.75) is 26.3 Å². The van der Waals surface area contributed by atoms with Gasteiger partial charge in [-0.05, 0) is 32.9 Å². The fourth-order valence-electron chi connectivity index (χ4n) is 0.743. The van der Waals surface area contributed by atoms with Crippen LogP contribution in [-0.4, -0.2) is 10.2 Å². The van der Waals surface area contributed by atoms with E-state index in [1.807, 2.05) is 32.9 Å². The van der Waals surface area contributed by atoms with Crippen LogP contribution in [-0.2, 0) is 5.54 Å². The number of aryl methyl sites for hydroxylation is 1. The summed E-state index contributed by atoms with van der Waals surface area (Å²) in [5.74, 6) is 0. The van der Waals surface area contributed by atoms with Crippen LogP contribution in [0.2, 0.25) is 0 Å². The molecule has 0 amide bonds. The Morgan fingerprint density at radius 1 is 1.27 bits per heavy atom. The van der Waals surface area contributed by atoms with Gasteiger partial charge in [-0.2, -0.15) is 10.2 Å². The highest BCUT2D eigenvalue weighted by Crippen LogP contribution is 2.12. The van der Waals surface area contributed by atoms with Gasteiger partial charge in [-0.1, -0.05) is 0 Å². The van der Waals surface area contributed by atoms with Crippen LogP contribution >= 0.6 is 0 Å². The van der Waals surface area contributed by atoms with Crippen molar-refractivity contribution in [2.24, 2.45) is 5.73 Å². The zero-order valence-corrected chi connectivity index (χ0v) is 7.13. The summed E-state index contributed by atoms with van der Waals surface area (Å²) in [6.07, 6.45) is 0. The van der Waals surface area contributed by atoms with Gasteiger partial charge in [0, 0.05) is 0 Å². The van der Waals surface area contributed by atoms with E-state index < -0.39 is 0 Å². The van der Waals surface area contributed by atoms with E-state index in [0.717, 1.165) is 11.4 Å². The van der Waals surface area contributed by atoms with Crippen LogP contribution in [0.4, 0.5) is 0 Å². The van der Waals surface area contributed by atoms with Gasteiger partial charge in [0.2, 0.25) is 0 Å². The van der Waals surface area contributed by atoms with Crippen molar-refractivity contribution >= 4 is 0 Å². The second kappa shape index (κ2) is 2.58. The Hall–Kier alpha value is -0.960. The maximum absolute atomic E-state index is 5.80. The molecule has 0 fully saturated rings. The van der Waals surface area contributed by atoms with Crippen molar-refractivity contribution in [1.82, 2.24) is 10.2 Å². The average molecular weight is 151 g/mol. The summed E-state index contributed by atoms with van der Waals surface area (Å²) in [5.41, 5.74) is 7.15. The van der Waals surface area contributed by atoms with Crippen LogP contribution in [0, 0.1) is 6.92 Å². The molecule has 1 aromatic heterocycles. The fourth-order valence-corrected chi connectivity index (χ4v) is 0.743. The first-order valence-electron chi connectivity index (χ1n) is 3.60. The predicted octanol–water partition coefficient (Wildman–Crippen LogP) is 0.979. The first-order chi connectivity index (χ1) is 5.00. The molecule has 60 valence electrons. The van der Waals surface area contributed by atoms with Crippen LogP contribution < -0.4 is 5.73 Å². The Labute approximate surface area is 66.6 Å². The monoisotopic (exact) mass is 151 g/mol. The Morgan fingerprint density at radius 2 is 1.91 bits per heavy atom. The first-order valence-corrected chi connectivity index (χ1v) is 3.60. The molecule has 11 heavy (non-hydrogen) atoms. The largest absolute Gasteiger partial charge is 0.321 e. The molecule has 1 aromatic rings. The highest BCUT2D eigenvalue weighted by atomic mass is 15.1. The topological polar surface area (TPSA) is 51.8 Å². The molecule has 0 atom stereocenters. The minimum absolute atomic E-state index is 0.388. The molecule has 1 rings (SSSR count). The standard InChI is InChI=1S/C8H13N3/c1-6-4-5-7(11-10-6)8(2,3)9/h4-5H,9H2,1-3H3. The Balaban J connectivity index is 2.99. The summed E-state index contributed by atoms with van der Waals surface area (Å²) in [6, 6.07) is 3.82. The molecule has 0 spiro atoms. The van der Waals surface area contributed by atoms with Crippen LogP contribution in [0.1, 0.15) is 25.2 Å². The highest BCUT2D eigenvalue weighted by Gasteiger charge is 2.15. The summed E-state index contributed by atoms with van der Waals surface area (Å²) in [6.45, 7) is 5.72. The zero-order chi connectivity index (χ0) is 8.48. The molecular weight excluding hydrogens is 138 g/mol. The van der Waals surface area contributed by atoms with E-state index in [2.05, 4.69) is 10.2 Å². The van der Waals surface area contributed by atoms with Gasteiger partial charge in [-0.3, -0.25) is 0 Å². The van der Waals surface area contributed by atoms with Gasteiger partial charge in [0.1, 0.15) is 0 Å². The van der Waals surface area contributed by atoms with Crippen LogP contribution in [0.25, 0.3) is 0 Å². The minimum atomic E-state index is -0.388. The van der Waals surface area contributed by atoms with Gasteiger partial charge in [-0.25, -0.2) is 0 Å². The van der Waals surface area contributed by atoms with Gasteiger partial charge in [-0.15, -0.1) is 0 Å². The molecule has 2 N–H and O–H groups in total. The maximum atomic E-state index is 5.80. The lowest BCUT2D eigenvalue weighted by Crippen LogP contribution is -2.30. The summed E-state index contributed by atoms with van der Waals surface area (Å²) >= 11 is 0. The normalized spacial score (nSPS) is 11.6. The van der Waals surface area contributed by atoms with Gasteiger partial charge in [0.15, 0.2) is 0 Å². The second-order valence-corrected chi connectivity index (χ2v) is 3.28. The molecule has 3 nitrogen and oxygen atoms in total. The molecule has 0 bridgehead atoms. The molecule has 0 aromatic carbocycles. The summed E-state index contributed by atoms with van der Waals surface area (Å²) < 4.78 is 0. The van der Waals surface area contributed by atoms with Crippen LogP contribution in [0.15, 0.2) is 12.1 Å². The van der Waals surface area contributed by atoms with Crippen molar-refractivity contribution < 1.29 is 0 Å². The van der Waals surface area contributed by atoms with Crippen molar-refractivity contribution in [3.63, 3.8) is 0 Å². The van der Waals surface area contributed by atoms with E-state index >= 15 is 0 Å². The Kier molecular flexibility index (Phi) is 1.91. The zero-order valence-electron chi connectivity index (χ0n) is 7.13. The molecule has 0 saturated carbocycles. The van der Waals surface area contributed by atoms with Crippen molar-refractivity contribution in [1.29, 1.82) is 0 Å². The second-order valence-electron chi connectivity index (χ2n) is 3.28. The van der Waals surface area contributed by atoms with Crippen molar-refractivity contribution in [2.75, 3.05) is 0 Å². The van der Waals surface area contributed by atoms with E-state index in [-0.39, 0.29) is 5.54 Å². The van der Waals surface area contributed by atoms with E-state index in [1.165, 1.54) is 0 Å². The Morgan fingerprint density at radius 3 is 2.27 bits per heavy atom. The van der Waals surface area contributed by atoms with E-state index in [1.54, 1.807) is 0 Å². The molecule has 0 radical (unpaired) electrons. The quantitative estimate of drug-likeness (QED) is 0.651. The van der Waals surface area contributed by atoms with Gasteiger partial charge in [0.05, 0.1) is 16.9 Å². The number of aromatic nitrogens is 2. The highest BCUT2D eigenvalue weighted by molar-refractivity contribution is 5.12. The first kappa shape index (κ1) is 8.14. The smallest absolute Gasteiger partial charge is 0.0824 e. The van der Waals surface area contributed by atoms with Crippen molar-refractivity contribution in [3.8, 4) is 0 Å². The predicted molar refractivity (Wildman–Crippen MR) is 44.0 cm³/mol. The molecule has 3 heteroatoms. The summed E-state index contributed by atoms with van der Waals surface area (Å²) in [5, 5.41) is 7.89. The lowest BCUT2D eigenvalue weighted by molar-refractivity contribution is 0.525. The minimum Gasteiger partial charge on any atom is -0.321 e. The van der Waals surface area contributed by atoms with Crippen molar-refractivity contribution in [3.05, 3.63) is 23.5 Å². The maximum Gasteiger partial charge on any atom is 0.0824 e. The third-order valence-corrected chi connectivity index (χ3v) is 1.46. The summed E-state index contributed by atoms with van der Waals surface area (Å²) in [4.78, 5) is 0. The molecule has 0 saturated heterocycles. The third-order valence-electron chi connectivity index (χ3n) is 1.46. The number of hydrogen-bond acceptors (Lipinski definition) is 3. The van der Waals surface area contributed by atoms with Gasteiger partial charge < -0.3 is 5.73 Å². The fraction of sp³-hybridized carbons (Fsp3) is 0.500. The molecule has 0 aliphatic rings. The summed E-state index contributed by atoms with van der Waals surface area (Å²) in [7, 11) is 0. The van der Waals surface area contributed by atoms with E-state index in [9.17, 15) is 0 Å². The molecule has 0 aliphatic heterocycles. The number of rotatable bonds is 1. The van der Waals surface area contributed by atoms with E-state index in [4.69, 9.17) is 5.73 Å². The average Bonchev–Trinajstić information content (AvgIpc) is 1.86. The molecule has 1 heterocycles. The number of nitrogens with two attached hydrogens (primary N) is 1. The molecule has 0 unspecified atom stereocenters. The van der Waals surface area contributed by atoms with E-state index in [0.29, 0.717) is 0 Å². The number of hydrogen-bond donors (Lipinski definition) is 1. The van der Waals surface area contributed by atoms with Gasteiger partial charge in [0.25, 0.3) is 0 Å². The Bertz CT molecular complexity index is 233. The number of nitrogens with zero attached hydrogens (tertiary/aromatic N) is 2. The molecular formula is C8H13N3.